The first-order chi connectivity index (χ1) is 25.1. The van der Waals surface area contributed by atoms with Crippen molar-refractivity contribution < 1.29 is 32.9 Å². The van der Waals surface area contributed by atoms with Gasteiger partial charge in [-0.25, -0.2) is 27.1 Å². The van der Waals surface area contributed by atoms with Gasteiger partial charge in [0.1, 0.15) is 5.82 Å². The van der Waals surface area contributed by atoms with Gasteiger partial charge in [-0.3, -0.25) is 9.69 Å². The maximum Gasteiger partial charge on any atom is 0.305 e. The first-order valence-electron chi connectivity index (χ1n) is 17.3. The lowest BCUT2D eigenvalue weighted by Crippen LogP contribution is -2.45. The number of aliphatic hydroxyl groups excluding tert-OH is 2. The van der Waals surface area contributed by atoms with Crippen LogP contribution in [0.15, 0.2) is 84.9 Å². The van der Waals surface area contributed by atoms with Gasteiger partial charge in [-0.1, -0.05) is 80.1 Å². The van der Waals surface area contributed by atoms with Crippen LogP contribution >= 0.6 is 11.6 Å². The lowest BCUT2D eigenvalue weighted by molar-refractivity contribution is -0.139. The number of carboxylic acid groups (broad SMARTS) is 1. The number of piperazine rings is 1. The van der Waals surface area contributed by atoms with Crippen molar-refractivity contribution in [1.82, 2.24) is 20.2 Å². The Labute approximate surface area is 315 Å². The fraction of sp³-hybridized carbons (Fsp3) is 0.359. The van der Waals surface area contributed by atoms with Crippen LogP contribution in [0, 0.1) is 5.82 Å². The van der Waals surface area contributed by atoms with Gasteiger partial charge in [0.15, 0.2) is 0 Å². The third-order valence-corrected chi connectivity index (χ3v) is 10.0. The Morgan fingerprint density at radius 1 is 0.981 bits per heavy atom. The fourth-order valence-corrected chi connectivity index (χ4v) is 6.38. The summed E-state index contributed by atoms with van der Waals surface area (Å²) < 4.78 is 38.6. The van der Waals surface area contributed by atoms with Crippen LogP contribution in [-0.2, 0) is 14.8 Å². The molecule has 1 saturated heterocycles. The van der Waals surface area contributed by atoms with Crippen molar-refractivity contribution in [2.45, 2.75) is 50.9 Å². The summed E-state index contributed by atoms with van der Waals surface area (Å²) in [4.78, 5) is 22.1. The molecule has 284 valence electrons. The van der Waals surface area contributed by atoms with E-state index in [1.165, 1.54) is 54.6 Å². The Balaban J connectivity index is 0.000000265. The highest BCUT2D eigenvalue weighted by Gasteiger charge is 2.24. The van der Waals surface area contributed by atoms with Crippen molar-refractivity contribution in [3.8, 4) is 11.3 Å². The van der Waals surface area contributed by atoms with E-state index in [-0.39, 0.29) is 18.3 Å². The molecule has 14 heteroatoms. The summed E-state index contributed by atoms with van der Waals surface area (Å²) in [5, 5.41) is 33.0. The smallest absolute Gasteiger partial charge is 0.305 e. The van der Waals surface area contributed by atoms with Gasteiger partial charge in [0.05, 0.1) is 42.3 Å². The van der Waals surface area contributed by atoms with Crippen LogP contribution in [0.25, 0.3) is 17.3 Å². The molecule has 2 heterocycles. The molecule has 4 N–H and O–H groups in total. The molecule has 53 heavy (non-hydrogen) atoms. The van der Waals surface area contributed by atoms with E-state index in [4.69, 9.17) is 16.7 Å². The Bertz CT molecular complexity index is 1930. The van der Waals surface area contributed by atoms with Crippen LogP contribution in [0.3, 0.4) is 0 Å². The van der Waals surface area contributed by atoms with E-state index in [2.05, 4.69) is 62.6 Å². The summed E-state index contributed by atoms with van der Waals surface area (Å²) in [5.74, 6) is -1.87. The molecular formula is C39H47ClFN5O6S. The number of hydrogen-bond acceptors (Lipinski definition) is 9. The Kier molecular flexibility index (Phi) is 15.0. The highest BCUT2D eigenvalue weighted by Crippen LogP contribution is 2.32. The van der Waals surface area contributed by atoms with Gasteiger partial charge < -0.3 is 20.6 Å². The number of nitrogens with one attached hydrogen (secondary N) is 1. The van der Waals surface area contributed by atoms with Crippen LogP contribution in [0.2, 0.25) is 5.02 Å². The summed E-state index contributed by atoms with van der Waals surface area (Å²) in [5.41, 5.74) is 4.45. The number of nitrogens with zero attached hydrogens (tertiary/aromatic N) is 4. The number of sulfonamides is 1. The Hall–Kier alpha value is -4.24. The predicted octanol–water partition coefficient (Wildman–Crippen LogP) is 5.74. The zero-order chi connectivity index (χ0) is 38.7. The molecule has 1 aliphatic heterocycles. The number of aliphatic hydroxyl groups is 2. The molecule has 1 aliphatic rings. The van der Waals surface area contributed by atoms with Crippen molar-refractivity contribution in [2.24, 2.45) is 0 Å². The van der Waals surface area contributed by atoms with E-state index in [0.29, 0.717) is 28.6 Å². The van der Waals surface area contributed by atoms with E-state index in [1.54, 1.807) is 0 Å². The molecule has 0 amide bonds. The van der Waals surface area contributed by atoms with Gasteiger partial charge in [0.2, 0.25) is 16.0 Å². The van der Waals surface area contributed by atoms with Crippen LogP contribution in [-0.4, -0.2) is 96.3 Å². The van der Waals surface area contributed by atoms with Crippen molar-refractivity contribution in [3.05, 3.63) is 118 Å². The van der Waals surface area contributed by atoms with Crippen LogP contribution in [0.5, 0.6) is 0 Å². The van der Waals surface area contributed by atoms with Crippen LogP contribution in [0.1, 0.15) is 61.0 Å². The Morgan fingerprint density at radius 2 is 1.58 bits per heavy atom. The number of aliphatic carboxylic acids is 1. The average molecular weight is 768 g/mol. The number of benzene rings is 3. The fourth-order valence-electron chi connectivity index (χ4n) is 5.88. The number of carbonyl (C=O) groups is 1. The molecule has 3 atom stereocenters. The zero-order valence-electron chi connectivity index (χ0n) is 30.2. The number of anilines is 1. The van der Waals surface area contributed by atoms with E-state index in [1.807, 2.05) is 26.0 Å². The number of carboxylic acids is 1. The molecule has 0 saturated carbocycles. The first kappa shape index (κ1) is 41.5. The quantitative estimate of drug-likeness (QED) is 0.132. The van der Waals surface area contributed by atoms with Crippen molar-refractivity contribution >= 4 is 39.6 Å². The van der Waals surface area contributed by atoms with Gasteiger partial charge in [-0.15, -0.1) is 0 Å². The molecule has 4 aromatic rings. The third kappa shape index (κ3) is 12.1. The van der Waals surface area contributed by atoms with E-state index in [0.717, 1.165) is 41.8 Å². The number of halogens is 2. The SMILES string of the molecule is CC(C)c1nc(N(C)S(C)(=O)=O)nc(-c2ccc(F)cc2)c1/C=C/[C@@H](O)C[C@@H](O)CC(=O)O.Clc1ccc([C@H](c2ccccc2)N2CCNCC2)cc1. The van der Waals surface area contributed by atoms with Gasteiger partial charge in [0, 0.05) is 55.8 Å². The van der Waals surface area contributed by atoms with E-state index >= 15 is 0 Å². The van der Waals surface area contributed by atoms with Crippen LogP contribution in [0.4, 0.5) is 10.3 Å². The topological polar surface area (TPSA) is 156 Å². The summed E-state index contributed by atoms with van der Waals surface area (Å²) in [6.07, 6.45) is 0.860. The second-order valence-corrected chi connectivity index (χ2v) is 15.6. The first-order valence-corrected chi connectivity index (χ1v) is 19.5. The van der Waals surface area contributed by atoms with E-state index < -0.39 is 40.4 Å². The normalized spacial score (nSPS) is 15.4. The van der Waals surface area contributed by atoms with Gasteiger partial charge >= 0.3 is 5.97 Å². The monoisotopic (exact) mass is 767 g/mol. The maximum atomic E-state index is 13.5. The molecule has 3 aromatic carbocycles. The standard InChI is InChI=1S/C22H28FN3O6S.C17H19ClN2/c1-13(2)20-18(10-9-16(27)11-17(28)12-19(29)30)21(14-5-7-15(23)8-6-14)25-22(24-20)26(3)33(4,31)32;18-16-8-6-15(7-9-16)17(14-4-2-1-3-5-14)20-12-10-19-11-13-20/h5-10,13,16-17,27-28H,11-12H2,1-4H3,(H,29,30);1-9,17,19H,10-13H2/b10-9+;/t16-,17-;17-/m10/s1. The van der Waals surface area contributed by atoms with Crippen LogP contribution < -0.4 is 9.62 Å². The maximum absolute atomic E-state index is 13.5. The minimum Gasteiger partial charge on any atom is -0.481 e. The summed E-state index contributed by atoms with van der Waals surface area (Å²) in [7, 11) is -2.33. The molecule has 11 nitrogen and oxygen atoms in total. The molecule has 0 spiro atoms. The largest absolute Gasteiger partial charge is 0.481 e. The van der Waals surface area contributed by atoms with Gasteiger partial charge in [0.25, 0.3) is 0 Å². The zero-order valence-corrected chi connectivity index (χ0v) is 31.8. The molecule has 1 aromatic heterocycles. The van der Waals surface area contributed by atoms with Crippen molar-refractivity contribution in [3.63, 3.8) is 0 Å². The minimum atomic E-state index is -3.65. The lowest BCUT2D eigenvalue weighted by atomic mass is 9.96. The Morgan fingerprint density at radius 3 is 2.15 bits per heavy atom. The second kappa shape index (κ2) is 19.2. The molecule has 0 aliphatic carbocycles. The van der Waals surface area contributed by atoms with Crippen molar-refractivity contribution in [1.29, 1.82) is 0 Å². The summed E-state index contributed by atoms with van der Waals surface area (Å²) >= 11 is 6.02. The second-order valence-electron chi connectivity index (χ2n) is 13.1. The minimum absolute atomic E-state index is 0.0601. The highest BCUT2D eigenvalue weighted by atomic mass is 35.5. The molecule has 0 radical (unpaired) electrons. The summed E-state index contributed by atoms with van der Waals surface area (Å²) in [6.45, 7) is 7.95. The third-order valence-electron chi connectivity index (χ3n) is 8.63. The molecule has 1 fully saturated rings. The number of hydrogen-bond donors (Lipinski definition) is 4. The van der Waals surface area contributed by atoms with E-state index in [9.17, 15) is 27.8 Å². The van der Waals surface area contributed by atoms with Gasteiger partial charge in [-0.2, -0.15) is 0 Å². The number of aromatic nitrogens is 2. The van der Waals surface area contributed by atoms with Gasteiger partial charge in [-0.05, 0) is 53.4 Å². The number of rotatable bonds is 13. The summed E-state index contributed by atoms with van der Waals surface area (Å²) in [6, 6.07) is 24.8. The molecule has 5 rings (SSSR count). The molecule has 0 unspecified atom stereocenters. The average Bonchev–Trinajstić information content (AvgIpc) is 3.12. The van der Waals surface area contributed by atoms with Crippen molar-refractivity contribution in [2.75, 3.05) is 43.8 Å². The predicted molar refractivity (Wildman–Crippen MR) is 207 cm³/mol. The molecular weight excluding hydrogens is 721 g/mol. The highest BCUT2D eigenvalue weighted by molar-refractivity contribution is 7.92. The lowest BCUT2D eigenvalue weighted by Gasteiger charge is -2.35. The molecule has 0 bridgehead atoms.